The molecule has 0 amide bonds. The Morgan fingerprint density at radius 2 is 1.68 bits per heavy atom. The van der Waals surface area contributed by atoms with E-state index in [1.165, 1.54) is 38.5 Å². The lowest BCUT2D eigenvalue weighted by atomic mass is 9.40. The molecular weight excluding hydrogens is 308 g/mol. The molecule has 0 spiro atoms. The highest BCUT2D eigenvalue weighted by atomic mass is 16.5. The lowest BCUT2D eigenvalue weighted by Crippen LogP contribution is -2.62. The van der Waals surface area contributed by atoms with Crippen LogP contribution in [0.5, 0.6) is 0 Å². The maximum Gasteiger partial charge on any atom is 0.0605 e. The van der Waals surface area contributed by atoms with Gasteiger partial charge in [-0.15, -0.1) is 0 Å². The van der Waals surface area contributed by atoms with Gasteiger partial charge in [-0.25, -0.2) is 0 Å². The molecule has 0 aromatic carbocycles. The fourth-order valence-corrected chi connectivity index (χ4v) is 8.61. The van der Waals surface area contributed by atoms with Crippen molar-refractivity contribution < 1.29 is 9.84 Å². The quantitative estimate of drug-likeness (QED) is 0.698. The Kier molecular flexibility index (Phi) is 4.18. The normalized spacial score (nSPS) is 57.5. The van der Waals surface area contributed by atoms with Gasteiger partial charge in [0.05, 0.1) is 12.2 Å². The van der Waals surface area contributed by atoms with Crippen LogP contribution in [-0.2, 0) is 4.74 Å². The number of rotatable bonds is 1. The van der Waals surface area contributed by atoms with E-state index in [-0.39, 0.29) is 16.9 Å². The number of ether oxygens (including phenoxy) is 1. The Balaban J connectivity index is 1.70. The summed E-state index contributed by atoms with van der Waals surface area (Å²) < 4.78 is 5.88. The van der Waals surface area contributed by atoms with Gasteiger partial charge >= 0.3 is 0 Å². The second kappa shape index (κ2) is 5.71. The summed E-state index contributed by atoms with van der Waals surface area (Å²) in [4.78, 5) is 0. The van der Waals surface area contributed by atoms with Crippen molar-refractivity contribution in [1.29, 1.82) is 0 Å². The van der Waals surface area contributed by atoms with Gasteiger partial charge in [0.1, 0.15) is 0 Å². The molecule has 1 N–H and O–H groups in total. The van der Waals surface area contributed by atoms with Crippen LogP contribution in [0.4, 0.5) is 0 Å². The van der Waals surface area contributed by atoms with Gasteiger partial charge in [-0.1, -0.05) is 41.0 Å². The van der Waals surface area contributed by atoms with E-state index in [9.17, 15) is 5.11 Å². The summed E-state index contributed by atoms with van der Waals surface area (Å²) in [7, 11) is 1.90. The van der Waals surface area contributed by atoms with Crippen LogP contribution < -0.4 is 0 Å². The van der Waals surface area contributed by atoms with E-state index in [1.54, 1.807) is 0 Å². The van der Waals surface area contributed by atoms with E-state index < -0.39 is 0 Å². The number of aliphatic hydroxyl groups is 1. The second-order valence-corrected chi connectivity index (χ2v) is 11.2. The fourth-order valence-electron chi connectivity index (χ4n) is 8.61. The predicted molar refractivity (Wildman–Crippen MR) is 102 cm³/mol. The topological polar surface area (TPSA) is 29.5 Å². The molecular formula is C23H40O2. The van der Waals surface area contributed by atoms with Crippen LogP contribution in [0.2, 0.25) is 0 Å². The number of hydrogen-bond acceptors (Lipinski definition) is 2. The molecule has 0 radical (unpaired) electrons. The molecule has 0 bridgehead atoms. The lowest BCUT2D eigenvalue weighted by molar-refractivity contribution is -0.208. The van der Waals surface area contributed by atoms with Crippen LogP contribution in [0.1, 0.15) is 79.6 Å². The second-order valence-electron chi connectivity index (χ2n) is 11.2. The molecule has 4 fully saturated rings. The standard InChI is InChI=1S/C23H40O2/c1-14-16-10-9-15-17-8-7-11-21(2,3)23(17,5)20(24)12-18(15)22(16,4)13-19(14)25-6/h14-20,24H,7-13H2,1-6H3/t14?,15?,16?,17?,18?,19-,20-,22+,23-/m0/s1. The van der Waals surface area contributed by atoms with Crippen molar-refractivity contribution >= 4 is 0 Å². The Labute approximate surface area is 155 Å². The average Bonchev–Trinajstić information content (AvgIpc) is 2.81. The van der Waals surface area contributed by atoms with Crippen LogP contribution in [-0.4, -0.2) is 24.4 Å². The van der Waals surface area contributed by atoms with Crippen molar-refractivity contribution in [1.82, 2.24) is 0 Å². The van der Waals surface area contributed by atoms with E-state index in [4.69, 9.17) is 4.74 Å². The molecule has 0 heterocycles. The summed E-state index contributed by atoms with van der Waals surface area (Å²) in [5.41, 5.74) is 0.726. The van der Waals surface area contributed by atoms with Crippen molar-refractivity contribution in [2.45, 2.75) is 91.8 Å². The maximum absolute atomic E-state index is 11.4. The summed E-state index contributed by atoms with van der Waals surface area (Å²) in [6.07, 6.45) is 9.23. The highest BCUT2D eigenvalue weighted by Crippen LogP contribution is 2.70. The van der Waals surface area contributed by atoms with Gasteiger partial charge in [0, 0.05) is 12.5 Å². The van der Waals surface area contributed by atoms with Crippen LogP contribution >= 0.6 is 0 Å². The Hall–Kier alpha value is -0.0800. The largest absolute Gasteiger partial charge is 0.393 e. The molecule has 9 atom stereocenters. The van der Waals surface area contributed by atoms with Crippen LogP contribution in [0, 0.1) is 45.8 Å². The van der Waals surface area contributed by atoms with Gasteiger partial charge in [-0.2, -0.15) is 0 Å². The number of methoxy groups -OCH3 is 1. The van der Waals surface area contributed by atoms with Crippen LogP contribution in [0.15, 0.2) is 0 Å². The van der Waals surface area contributed by atoms with E-state index >= 15 is 0 Å². The van der Waals surface area contributed by atoms with E-state index in [0.717, 1.165) is 18.3 Å². The Morgan fingerprint density at radius 3 is 2.36 bits per heavy atom. The molecule has 5 unspecified atom stereocenters. The molecule has 2 heteroatoms. The summed E-state index contributed by atoms with van der Waals surface area (Å²) in [5.74, 6) is 3.67. The van der Waals surface area contributed by atoms with Gasteiger partial charge in [0.2, 0.25) is 0 Å². The molecule has 0 aromatic rings. The molecule has 25 heavy (non-hydrogen) atoms. The van der Waals surface area contributed by atoms with Crippen molar-refractivity contribution in [2.24, 2.45) is 45.8 Å². The SMILES string of the molecule is CO[C@H]1C[C@@]2(C)C3C[C@H](O)[C@]4(C)C(CCCC4(C)C)C3CCC2C1C. The third-order valence-electron chi connectivity index (χ3n) is 10.4. The summed E-state index contributed by atoms with van der Waals surface area (Å²) in [6.45, 7) is 12.2. The zero-order chi connectivity index (χ0) is 18.2. The molecule has 0 aliphatic heterocycles. The predicted octanol–water partition coefficient (Wildman–Crippen LogP) is 5.29. The number of hydrogen-bond donors (Lipinski definition) is 1. The van der Waals surface area contributed by atoms with Gasteiger partial charge in [-0.3, -0.25) is 0 Å². The summed E-state index contributed by atoms with van der Waals surface area (Å²) in [6, 6.07) is 0. The molecule has 4 aliphatic rings. The minimum Gasteiger partial charge on any atom is -0.393 e. The zero-order valence-corrected chi connectivity index (χ0v) is 17.3. The highest BCUT2D eigenvalue weighted by molar-refractivity contribution is 5.14. The first kappa shape index (κ1) is 18.3. The van der Waals surface area contributed by atoms with Gasteiger partial charge in [0.25, 0.3) is 0 Å². The van der Waals surface area contributed by atoms with Gasteiger partial charge < -0.3 is 9.84 Å². The minimum atomic E-state index is -0.137. The average molecular weight is 349 g/mol. The Bertz CT molecular complexity index is 528. The summed E-state index contributed by atoms with van der Waals surface area (Å²) >= 11 is 0. The van der Waals surface area contributed by atoms with E-state index in [2.05, 4.69) is 34.6 Å². The third kappa shape index (κ3) is 2.22. The van der Waals surface area contributed by atoms with Gasteiger partial charge in [0.15, 0.2) is 0 Å². The monoisotopic (exact) mass is 348 g/mol. The minimum absolute atomic E-state index is 0.0977. The molecule has 0 saturated heterocycles. The van der Waals surface area contributed by atoms with Crippen molar-refractivity contribution in [2.75, 3.05) is 7.11 Å². The van der Waals surface area contributed by atoms with Crippen LogP contribution in [0.25, 0.3) is 0 Å². The lowest BCUT2D eigenvalue weighted by Gasteiger charge is -2.66. The molecule has 4 rings (SSSR count). The van der Waals surface area contributed by atoms with Gasteiger partial charge in [-0.05, 0) is 78.9 Å². The first-order valence-electron chi connectivity index (χ1n) is 10.9. The fraction of sp³-hybridized carbons (Fsp3) is 1.00. The smallest absolute Gasteiger partial charge is 0.0605 e. The van der Waals surface area contributed by atoms with Crippen molar-refractivity contribution in [3.8, 4) is 0 Å². The Morgan fingerprint density at radius 1 is 0.960 bits per heavy atom. The highest BCUT2D eigenvalue weighted by Gasteiger charge is 2.65. The molecule has 0 aromatic heterocycles. The first-order chi connectivity index (χ1) is 11.7. The maximum atomic E-state index is 11.4. The van der Waals surface area contributed by atoms with E-state index in [0.29, 0.717) is 29.3 Å². The molecule has 4 saturated carbocycles. The van der Waals surface area contributed by atoms with Crippen LogP contribution in [0.3, 0.4) is 0 Å². The first-order valence-corrected chi connectivity index (χ1v) is 10.9. The molecule has 4 aliphatic carbocycles. The molecule has 2 nitrogen and oxygen atoms in total. The molecule has 144 valence electrons. The van der Waals surface area contributed by atoms with E-state index in [1.807, 2.05) is 7.11 Å². The van der Waals surface area contributed by atoms with Crippen molar-refractivity contribution in [3.63, 3.8) is 0 Å². The zero-order valence-electron chi connectivity index (χ0n) is 17.3. The third-order valence-corrected chi connectivity index (χ3v) is 10.4. The number of fused-ring (bicyclic) bond motifs is 5. The summed E-state index contributed by atoms with van der Waals surface area (Å²) in [5, 5.41) is 11.4. The number of aliphatic hydroxyl groups excluding tert-OH is 1. The van der Waals surface area contributed by atoms with Crippen molar-refractivity contribution in [3.05, 3.63) is 0 Å².